The average molecular weight is 373 g/mol. The van der Waals surface area contributed by atoms with Crippen LogP contribution in [0.4, 0.5) is 0 Å². The molecule has 0 radical (unpaired) electrons. The van der Waals surface area contributed by atoms with Crippen molar-refractivity contribution in [3.63, 3.8) is 0 Å². The number of imidazole rings is 1. The summed E-state index contributed by atoms with van der Waals surface area (Å²) in [4.78, 5) is 23.9. The van der Waals surface area contributed by atoms with Crippen molar-refractivity contribution >= 4 is 43.1 Å². The zero-order valence-electron chi connectivity index (χ0n) is 12.4. The molecule has 2 saturated heterocycles. The largest absolute Gasteiger partial charge is 0.348 e. The molecule has 0 aliphatic carbocycles. The number of rotatable bonds is 3. The van der Waals surface area contributed by atoms with Crippen LogP contribution >= 0.6 is 37.2 Å². The van der Waals surface area contributed by atoms with E-state index in [4.69, 9.17) is 0 Å². The molecule has 2 aliphatic rings. The summed E-state index contributed by atoms with van der Waals surface area (Å²) in [7, 11) is 0. The van der Waals surface area contributed by atoms with Gasteiger partial charge in [0.05, 0.1) is 12.6 Å². The molecule has 22 heavy (non-hydrogen) atoms. The molecule has 0 bridgehead atoms. The molecule has 9 heteroatoms. The van der Waals surface area contributed by atoms with Crippen LogP contribution in [0.5, 0.6) is 0 Å². The number of halogens is 3. The van der Waals surface area contributed by atoms with Crippen molar-refractivity contribution in [2.24, 2.45) is 0 Å². The smallest absolute Gasteiger partial charge is 0.239 e. The molecule has 1 unspecified atom stereocenters. The fraction of sp³-hybridized carbons (Fsp3) is 0.692. The molecule has 128 valence electrons. The van der Waals surface area contributed by atoms with Gasteiger partial charge in [-0.25, -0.2) is 4.98 Å². The van der Waals surface area contributed by atoms with Gasteiger partial charge in [-0.15, -0.1) is 37.2 Å². The second kappa shape index (κ2) is 10.3. The second-order valence-corrected chi connectivity index (χ2v) is 5.29. The summed E-state index contributed by atoms with van der Waals surface area (Å²) in [6.07, 6.45) is 5.74. The van der Waals surface area contributed by atoms with Crippen molar-refractivity contribution in [3.05, 3.63) is 18.2 Å². The van der Waals surface area contributed by atoms with Gasteiger partial charge in [0.2, 0.25) is 5.91 Å². The van der Waals surface area contributed by atoms with Crippen molar-refractivity contribution in [1.29, 1.82) is 0 Å². The van der Waals surface area contributed by atoms with E-state index in [1.807, 2.05) is 11.1 Å². The molecule has 0 saturated carbocycles. The molecule has 1 amide bonds. The van der Waals surface area contributed by atoms with Gasteiger partial charge in [0, 0.05) is 38.6 Å². The highest BCUT2D eigenvalue weighted by molar-refractivity contribution is 5.86. The predicted molar refractivity (Wildman–Crippen MR) is 93.2 cm³/mol. The predicted octanol–water partition coefficient (Wildman–Crippen LogP) is 1.07. The van der Waals surface area contributed by atoms with Crippen LogP contribution < -0.4 is 5.32 Å². The maximum atomic E-state index is 12.3. The Morgan fingerprint density at radius 3 is 2.50 bits per heavy atom. The lowest BCUT2D eigenvalue weighted by molar-refractivity contribution is -0.134. The minimum absolute atomic E-state index is 0. The highest BCUT2D eigenvalue weighted by Crippen LogP contribution is 2.11. The van der Waals surface area contributed by atoms with E-state index in [1.54, 1.807) is 6.20 Å². The Bertz CT molecular complexity index is 417. The van der Waals surface area contributed by atoms with Gasteiger partial charge in [0.1, 0.15) is 5.82 Å². The normalized spacial score (nSPS) is 21.5. The molecule has 2 fully saturated rings. The van der Waals surface area contributed by atoms with Crippen LogP contribution in [0.2, 0.25) is 0 Å². The lowest BCUT2D eigenvalue weighted by Crippen LogP contribution is -2.52. The average Bonchev–Trinajstić information content (AvgIpc) is 3.12. The molecule has 0 aromatic carbocycles. The number of nitrogens with zero attached hydrogens (tertiary/aromatic N) is 3. The fourth-order valence-corrected chi connectivity index (χ4v) is 2.84. The van der Waals surface area contributed by atoms with E-state index < -0.39 is 0 Å². The third-order valence-corrected chi connectivity index (χ3v) is 3.97. The zero-order chi connectivity index (χ0) is 13.1. The summed E-state index contributed by atoms with van der Waals surface area (Å²) in [6, 6.07) is 0.0663. The monoisotopic (exact) mass is 371 g/mol. The summed E-state index contributed by atoms with van der Waals surface area (Å²) >= 11 is 0. The van der Waals surface area contributed by atoms with Crippen molar-refractivity contribution in [1.82, 2.24) is 25.1 Å². The van der Waals surface area contributed by atoms with Crippen molar-refractivity contribution in [3.8, 4) is 0 Å². The number of hydrogen-bond acceptors (Lipinski definition) is 4. The van der Waals surface area contributed by atoms with Crippen LogP contribution in [0, 0.1) is 0 Å². The second-order valence-electron chi connectivity index (χ2n) is 5.29. The minimum atomic E-state index is 0. The van der Waals surface area contributed by atoms with Gasteiger partial charge in [-0.1, -0.05) is 0 Å². The molecule has 1 aromatic rings. The molecular formula is C13H24Cl3N5O. The Labute approximate surface area is 149 Å². The number of H-pyrrole nitrogens is 1. The summed E-state index contributed by atoms with van der Waals surface area (Å²) in [5, 5.41) is 3.28. The first-order valence-corrected chi connectivity index (χ1v) is 7.06. The molecule has 0 spiro atoms. The molecule has 1 aromatic heterocycles. The summed E-state index contributed by atoms with van der Waals surface area (Å²) in [5.41, 5.74) is 0. The topological polar surface area (TPSA) is 64.3 Å². The fourth-order valence-electron chi connectivity index (χ4n) is 2.84. The van der Waals surface area contributed by atoms with Gasteiger partial charge in [-0.3, -0.25) is 9.69 Å². The van der Waals surface area contributed by atoms with E-state index in [0.29, 0.717) is 0 Å². The maximum absolute atomic E-state index is 12.3. The number of aromatic nitrogens is 2. The third kappa shape index (κ3) is 5.28. The highest BCUT2D eigenvalue weighted by Gasteiger charge is 2.29. The molecular weight excluding hydrogens is 349 g/mol. The van der Waals surface area contributed by atoms with E-state index >= 15 is 0 Å². The minimum Gasteiger partial charge on any atom is -0.348 e. The van der Waals surface area contributed by atoms with Crippen LogP contribution in [0.15, 0.2) is 12.4 Å². The molecule has 2 aliphatic heterocycles. The van der Waals surface area contributed by atoms with Gasteiger partial charge in [-0.05, 0) is 19.4 Å². The lowest BCUT2D eigenvalue weighted by Gasteiger charge is -2.35. The molecule has 3 rings (SSSR count). The first-order valence-electron chi connectivity index (χ1n) is 7.06. The number of hydrogen-bond donors (Lipinski definition) is 2. The Balaban J connectivity index is 0.00000147. The van der Waals surface area contributed by atoms with Crippen molar-refractivity contribution < 1.29 is 4.79 Å². The number of piperazine rings is 1. The number of carbonyl (C=O) groups is 1. The van der Waals surface area contributed by atoms with E-state index in [1.165, 1.54) is 0 Å². The van der Waals surface area contributed by atoms with Gasteiger partial charge in [0.15, 0.2) is 0 Å². The van der Waals surface area contributed by atoms with Gasteiger partial charge >= 0.3 is 0 Å². The zero-order valence-corrected chi connectivity index (χ0v) is 14.8. The number of carbonyl (C=O) groups excluding carboxylic acids is 1. The quantitative estimate of drug-likeness (QED) is 0.833. The standard InChI is InChI=1S/C13H21N5O.3ClH/c19-13(11-2-1-3-14-11)18-8-6-17(7-9-18)10-12-15-4-5-16-12;;;/h4-5,11,14H,1-3,6-10H2,(H,15,16);3*1H. The highest BCUT2D eigenvalue weighted by atomic mass is 35.5. The van der Waals surface area contributed by atoms with E-state index in [-0.39, 0.29) is 49.2 Å². The molecule has 2 N–H and O–H groups in total. The molecule has 6 nitrogen and oxygen atoms in total. The number of amides is 1. The SMILES string of the molecule is Cl.Cl.Cl.O=C(C1CCCN1)N1CCN(Cc2ncc[nH]2)CC1. The van der Waals surface area contributed by atoms with E-state index in [2.05, 4.69) is 20.2 Å². The first-order chi connectivity index (χ1) is 9.33. The third-order valence-electron chi connectivity index (χ3n) is 3.97. The lowest BCUT2D eigenvalue weighted by atomic mass is 10.2. The Morgan fingerprint density at radius 1 is 1.23 bits per heavy atom. The summed E-state index contributed by atoms with van der Waals surface area (Å²) < 4.78 is 0. The number of aromatic amines is 1. The van der Waals surface area contributed by atoms with Crippen LogP contribution in [-0.4, -0.2) is 64.4 Å². The van der Waals surface area contributed by atoms with E-state index in [9.17, 15) is 4.79 Å². The maximum Gasteiger partial charge on any atom is 0.239 e. The van der Waals surface area contributed by atoms with Crippen LogP contribution in [-0.2, 0) is 11.3 Å². The van der Waals surface area contributed by atoms with Crippen molar-refractivity contribution in [2.45, 2.75) is 25.4 Å². The molecule has 3 heterocycles. The molecule has 1 atom stereocenters. The van der Waals surface area contributed by atoms with Gasteiger partial charge in [-0.2, -0.15) is 0 Å². The van der Waals surface area contributed by atoms with Gasteiger partial charge in [0.25, 0.3) is 0 Å². The Hall–Kier alpha value is -0.530. The van der Waals surface area contributed by atoms with Crippen LogP contribution in [0.25, 0.3) is 0 Å². The first kappa shape index (κ1) is 21.5. The van der Waals surface area contributed by atoms with E-state index in [0.717, 1.165) is 57.9 Å². The van der Waals surface area contributed by atoms with Crippen LogP contribution in [0.1, 0.15) is 18.7 Å². The Kier molecular flexibility index (Phi) is 10.0. The van der Waals surface area contributed by atoms with Crippen molar-refractivity contribution in [2.75, 3.05) is 32.7 Å². The number of nitrogens with one attached hydrogen (secondary N) is 2. The van der Waals surface area contributed by atoms with Crippen LogP contribution in [0.3, 0.4) is 0 Å². The summed E-state index contributed by atoms with van der Waals surface area (Å²) in [5.74, 6) is 1.28. The summed E-state index contributed by atoms with van der Waals surface area (Å²) in [6.45, 7) is 5.35. The van der Waals surface area contributed by atoms with Gasteiger partial charge < -0.3 is 15.2 Å². The Morgan fingerprint density at radius 2 is 1.95 bits per heavy atom.